The van der Waals surface area contributed by atoms with Crippen molar-refractivity contribution < 1.29 is 13.2 Å². The summed E-state index contributed by atoms with van der Waals surface area (Å²) < 4.78 is 37.2. The smallest absolute Gasteiger partial charge is 0.369 e. The van der Waals surface area contributed by atoms with Crippen molar-refractivity contribution in [2.75, 3.05) is 5.73 Å². The molecule has 80 valence electrons. The maximum Gasteiger partial charge on any atom is 0.433 e. The lowest BCUT2D eigenvalue weighted by Crippen LogP contribution is -2.26. The van der Waals surface area contributed by atoms with Crippen molar-refractivity contribution in [2.24, 2.45) is 0 Å². The van der Waals surface area contributed by atoms with Crippen LogP contribution in [0, 0.1) is 12.3 Å². The summed E-state index contributed by atoms with van der Waals surface area (Å²) in [6.45, 7) is -0.212. The molecular weight excluding hydrogens is 211 g/mol. The predicted octanol–water partition coefficient (Wildman–Crippen LogP) is 0.477. The SMILES string of the molecule is C#CCn1c(N)nc(C(F)(F)F)cc1=O. The lowest BCUT2D eigenvalue weighted by Gasteiger charge is -2.09. The Hall–Kier alpha value is -1.97. The van der Waals surface area contributed by atoms with Gasteiger partial charge < -0.3 is 5.73 Å². The van der Waals surface area contributed by atoms with Crippen molar-refractivity contribution in [3.05, 3.63) is 22.1 Å². The van der Waals surface area contributed by atoms with Gasteiger partial charge in [-0.25, -0.2) is 4.98 Å². The molecule has 0 atom stereocenters. The van der Waals surface area contributed by atoms with Crippen molar-refractivity contribution >= 4 is 5.95 Å². The van der Waals surface area contributed by atoms with Crippen molar-refractivity contribution in [2.45, 2.75) is 12.7 Å². The quantitative estimate of drug-likeness (QED) is 0.696. The molecule has 0 aliphatic rings. The number of hydrogen-bond acceptors (Lipinski definition) is 3. The topological polar surface area (TPSA) is 60.9 Å². The Morgan fingerprint density at radius 1 is 1.60 bits per heavy atom. The Labute approximate surface area is 82.5 Å². The van der Waals surface area contributed by atoms with Crippen LogP contribution in [0.2, 0.25) is 0 Å². The third kappa shape index (κ3) is 2.28. The van der Waals surface area contributed by atoms with Gasteiger partial charge in [0.2, 0.25) is 5.95 Å². The molecule has 4 nitrogen and oxygen atoms in total. The molecule has 0 fully saturated rings. The largest absolute Gasteiger partial charge is 0.433 e. The number of nitrogens with two attached hydrogens (primary N) is 1. The highest BCUT2D eigenvalue weighted by molar-refractivity contribution is 5.22. The van der Waals surface area contributed by atoms with Crippen molar-refractivity contribution in [1.82, 2.24) is 9.55 Å². The van der Waals surface area contributed by atoms with Gasteiger partial charge >= 0.3 is 6.18 Å². The second-order valence-electron chi connectivity index (χ2n) is 2.63. The summed E-state index contributed by atoms with van der Waals surface area (Å²) in [5.74, 6) is 1.54. The van der Waals surface area contributed by atoms with E-state index < -0.39 is 23.4 Å². The van der Waals surface area contributed by atoms with Gasteiger partial charge in [-0.3, -0.25) is 9.36 Å². The third-order valence-electron chi connectivity index (χ3n) is 1.58. The minimum atomic E-state index is -4.69. The zero-order valence-electron chi connectivity index (χ0n) is 7.38. The molecule has 0 unspecified atom stereocenters. The summed E-state index contributed by atoms with van der Waals surface area (Å²) in [5, 5.41) is 0. The first-order chi connectivity index (χ1) is 6.86. The van der Waals surface area contributed by atoms with Gasteiger partial charge in [-0.15, -0.1) is 6.42 Å². The fourth-order valence-corrected chi connectivity index (χ4v) is 0.919. The molecule has 0 spiro atoms. The number of hydrogen-bond donors (Lipinski definition) is 1. The van der Waals surface area contributed by atoms with Crippen LogP contribution in [0.4, 0.5) is 19.1 Å². The number of nitrogen functional groups attached to an aromatic ring is 1. The minimum Gasteiger partial charge on any atom is -0.369 e. The van der Waals surface area contributed by atoms with E-state index in [1.807, 2.05) is 0 Å². The summed E-state index contributed by atoms with van der Waals surface area (Å²) in [7, 11) is 0. The van der Waals surface area contributed by atoms with Crippen LogP contribution >= 0.6 is 0 Å². The van der Waals surface area contributed by atoms with Gasteiger partial charge in [0.05, 0.1) is 6.54 Å². The molecule has 0 amide bonds. The van der Waals surface area contributed by atoms with Crippen LogP contribution in [-0.4, -0.2) is 9.55 Å². The summed E-state index contributed by atoms with van der Waals surface area (Å²) in [5.41, 5.74) is 2.92. The normalized spacial score (nSPS) is 11.1. The van der Waals surface area contributed by atoms with Crippen molar-refractivity contribution in [1.29, 1.82) is 0 Å². The molecule has 1 rings (SSSR count). The highest BCUT2D eigenvalue weighted by Crippen LogP contribution is 2.26. The van der Waals surface area contributed by atoms with E-state index in [2.05, 4.69) is 10.9 Å². The van der Waals surface area contributed by atoms with Crippen LogP contribution in [0.25, 0.3) is 0 Å². The fraction of sp³-hybridized carbons (Fsp3) is 0.250. The van der Waals surface area contributed by atoms with Crippen LogP contribution < -0.4 is 11.3 Å². The first kappa shape index (κ1) is 11.1. The molecule has 7 heteroatoms. The van der Waals surface area contributed by atoms with Crippen LogP contribution in [0.3, 0.4) is 0 Å². The van der Waals surface area contributed by atoms with Gasteiger partial charge in [0.1, 0.15) is 0 Å². The molecule has 0 saturated heterocycles. The van der Waals surface area contributed by atoms with E-state index in [9.17, 15) is 18.0 Å². The summed E-state index contributed by atoms with van der Waals surface area (Å²) in [6.07, 6.45) is 0.215. The molecule has 0 bridgehead atoms. The Bertz CT molecular complexity index is 469. The van der Waals surface area contributed by atoms with Gasteiger partial charge in [0, 0.05) is 6.07 Å². The summed E-state index contributed by atoms with van der Waals surface area (Å²) in [4.78, 5) is 14.2. The van der Waals surface area contributed by atoms with Crippen molar-refractivity contribution in [3.8, 4) is 12.3 Å². The zero-order valence-corrected chi connectivity index (χ0v) is 7.38. The molecular formula is C8H6F3N3O. The number of alkyl halides is 3. The predicted molar refractivity (Wildman–Crippen MR) is 46.7 cm³/mol. The summed E-state index contributed by atoms with van der Waals surface area (Å²) >= 11 is 0. The first-order valence-electron chi connectivity index (χ1n) is 3.74. The molecule has 1 heterocycles. The standard InChI is InChI=1S/C8H6F3N3O/c1-2-3-14-6(15)4-5(8(9,10)11)13-7(14)12/h1,4H,3H2,(H2,12,13). The van der Waals surface area contributed by atoms with Crippen LogP contribution in [0.1, 0.15) is 5.69 Å². The van der Waals surface area contributed by atoms with E-state index >= 15 is 0 Å². The molecule has 2 N–H and O–H groups in total. The second kappa shape index (κ2) is 3.65. The van der Waals surface area contributed by atoms with Gasteiger partial charge in [0.15, 0.2) is 5.69 Å². The van der Waals surface area contributed by atoms with Crippen LogP contribution in [-0.2, 0) is 12.7 Å². The summed E-state index contributed by atoms with van der Waals surface area (Å²) in [6, 6.07) is 0.355. The van der Waals surface area contributed by atoms with Gasteiger partial charge in [0.25, 0.3) is 5.56 Å². The maximum absolute atomic E-state index is 12.2. The minimum absolute atomic E-state index is 0.212. The van der Waals surface area contributed by atoms with E-state index in [1.165, 1.54) is 0 Å². The van der Waals surface area contributed by atoms with Crippen LogP contribution in [0.15, 0.2) is 10.9 Å². The van der Waals surface area contributed by atoms with E-state index in [-0.39, 0.29) is 6.54 Å². The molecule has 1 aromatic rings. The van der Waals surface area contributed by atoms with Gasteiger partial charge in [-0.1, -0.05) is 5.92 Å². The monoisotopic (exact) mass is 217 g/mol. The van der Waals surface area contributed by atoms with E-state index in [0.29, 0.717) is 6.07 Å². The molecule has 0 saturated carbocycles. The average molecular weight is 217 g/mol. The van der Waals surface area contributed by atoms with E-state index in [4.69, 9.17) is 12.2 Å². The lowest BCUT2D eigenvalue weighted by molar-refractivity contribution is -0.141. The van der Waals surface area contributed by atoms with E-state index in [1.54, 1.807) is 0 Å². The van der Waals surface area contributed by atoms with Crippen molar-refractivity contribution in [3.63, 3.8) is 0 Å². The Morgan fingerprint density at radius 2 is 2.20 bits per heavy atom. The molecule has 0 radical (unpaired) electrons. The van der Waals surface area contributed by atoms with Gasteiger partial charge in [-0.05, 0) is 0 Å². The molecule has 1 aromatic heterocycles. The molecule has 0 aliphatic carbocycles. The van der Waals surface area contributed by atoms with E-state index in [0.717, 1.165) is 4.57 Å². The maximum atomic E-state index is 12.2. The highest BCUT2D eigenvalue weighted by Gasteiger charge is 2.33. The third-order valence-corrected chi connectivity index (χ3v) is 1.58. The van der Waals surface area contributed by atoms with Gasteiger partial charge in [-0.2, -0.15) is 13.2 Å². The number of nitrogens with zero attached hydrogens (tertiary/aromatic N) is 2. The molecule has 0 aromatic carbocycles. The molecule has 0 aliphatic heterocycles. The number of anilines is 1. The van der Waals surface area contributed by atoms with Crippen LogP contribution in [0.5, 0.6) is 0 Å². The fourth-order valence-electron chi connectivity index (χ4n) is 0.919. The average Bonchev–Trinajstić information content (AvgIpc) is 2.09. The number of terminal acetylenes is 1. The zero-order chi connectivity index (χ0) is 11.6. The number of aromatic nitrogens is 2. The number of rotatable bonds is 1. The first-order valence-corrected chi connectivity index (χ1v) is 3.74. The molecule has 15 heavy (non-hydrogen) atoms. The number of halogens is 3. The lowest BCUT2D eigenvalue weighted by atomic mass is 10.4. The Morgan fingerprint density at radius 3 is 2.60 bits per heavy atom. The Kier molecular flexibility index (Phi) is 2.70. The second-order valence-corrected chi connectivity index (χ2v) is 2.63. The highest BCUT2D eigenvalue weighted by atomic mass is 19.4. The Balaban J connectivity index is 3.34.